The molecule has 2 N–H and O–H groups in total. The van der Waals surface area contributed by atoms with Gasteiger partial charge in [-0.15, -0.1) is 0 Å². The molecular weight excluding hydrogens is 293 g/mol. The number of nitrogens with two attached hydrogens (primary N) is 1. The number of hydrogen-bond acceptors (Lipinski definition) is 2. The highest BCUT2D eigenvalue weighted by molar-refractivity contribution is 6.35. The fourth-order valence-corrected chi connectivity index (χ4v) is 2.74. The van der Waals surface area contributed by atoms with E-state index in [0.717, 1.165) is 17.7 Å². The maximum Gasteiger partial charge on any atom is 0.141 e. The fourth-order valence-electron chi connectivity index (χ4n) is 2.15. The third-order valence-electron chi connectivity index (χ3n) is 3.12. The smallest absolute Gasteiger partial charge is 0.141 e. The van der Waals surface area contributed by atoms with Crippen LogP contribution in [-0.2, 0) is 6.42 Å². The van der Waals surface area contributed by atoms with E-state index in [1.54, 1.807) is 6.07 Å². The quantitative estimate of drug-likeness (QED) is 0.633. The van der Waals surface area contributed by atoms with E-state index in [4.69, 9.17) is 33.7 Å². The summed E-state index contributed by atoms with van der Waals surface area (Å²) in [4.78, 5) is 0. The van der Waals surface area contributed by atoms with Gasteiger partial charge in [-0.2, -0.15) is 0 Å². The molecule has 0 heterocycles. The minimum Gasteiger partial charge on any atom is -0.492 e. The van der Waals surface area contributed by atoms with Gasteiger partial charge in [-0.3, -0.25) is 0 Å². The van der Waals surface area contributed by atoms with Crippen LogP contribution in [0.1, 0.15) is 51.5 Å². The summed E-state index contributed by atoms with van der Waals surface area (Å²) in [6, 6.07) is 3.67. The Morgan fingerprint density at radius 1 is 1.15 bits per heavy atom. The van der Waals surface area contributed by atoms with Crippen molar-refractivity contribution in [1.29, 1.82) is 0 Å². The second-order valence-electron chi connectivity index (χ2n) is 5.32. The first-order valence-corrected chi connectivity index (χ1v) is 8.16. The first kappa shape index (κ1) is 17.6. The van der Waals surface area contributed by atoms with Gasteiger partial charge in [0.1, 0.15) is 5.75 Å². The Kier molecular flexibility index (Phi) is 8.35. The van der Waals surface area contributed by atoms with Gasteiger partial charge in [-0.05, 0) is 37.5 Å². The summed E-state index contributed by atoms with van der Waals surface area (Å²) in [6.07, 6.45) is 6.77. The number of halogens is 2. The van der Waals surface area contributed by atoms with E-state index < -0.39 is 0 Å². The predicted molar refractivity (Wildman–Crippen MR) is 88.1 cm³/mol. The molecule has 0 aliphatic carbocycles. The van der Waals surface area contributed by atoms with E-state index >= 15 is 0 Å². The highest BCUT2D eigenvalue weighted by Crippen LogP contribution is 2.33. The van der Waals surface area contributed by atoms with Crippen LogP contribution in [0.5, 0.6) is 5.75 Å². The van der Waals surface area contributed by atoms with Crippen molar-refractivity contribution in [3.8, 4) is 5.75 Å². The zero-order valence-corrected chi connectivity index (χ0v) is 13.9. The fraction of sp³-hybridized carbons (Fsp3) is 0.625. The molecule has 0 amide bonds. The molecule has 1 unspecified atom stereocenters. The van der Waals surface area contributed by atoms with Crippen LogP contribution in [-0.4, -0.2) is 12.6 Å². The Bertz CT molecular complexity index is 408. The first-order chi connectivity index (χ1) is 9.54. The lowest BCUT2D eigenvalue weighted by molar-refractivity contribution is 0.301. The van der Waals surface area contributed by atoms with Crippen LogP contribution in [0, 0.1) is 0 Å². The maximum atomic E-state index is 6.23. The van der Waals surface area contributed by atoms with E-state index in [0.29, 0.717) is 23.1 Å². The topological polar surface area (TPSA) is 35.2 Å². The van der Waals surface area contributed by atoms with Crippen LogP contribution in [0.4, 0.5) is 0 Å². The number of rotatable bonds is 9. The van der Waals surface area contributed by atoms with Crippen molar-refractivity contribution >= 4 is 23.2 Å². The van der Waals surface area contributed by atoms with Crippen LogP contribution in [0.2, 0.25) is 10.0 Å². The van der Waals surface area contributed by atoms with Crippen LogP contribution in [0.3, 0.4) is 0 Å². The molecule has 0 radical (unpaired) electrons. The Labute approximate surface area is 132 Å². The molecule has 1 atom stereocenters. The van der Waals surface area contributed by atoms with Crippen LogP contribution in [0.25, 0.3) is 0 Å². The minimum atomic E-state index is 0.0523. The third kappa shape index (κ3) is 6.34. The van der Waals surface area contributed by atoms with Crippen molar-refractivity contribution in [3.63, 3.8) is 0 Å². The lowest BCUT2D eigenvalue weighted by atomic mass is 10.1. The molecule has 114 valence electrons. The highest BCUT2D eigenvalue weighted by atomic mass is 35.5. The molecule has 2 nitrogen and oxygen atoms in total. The van der Waals surface area contributed by atoms with Gasteiger partial charge in [-0.25, -0.2) is 0 Å². The summed E-state index contributed by atoms with van der Waals surface area (Å²) < 4.78 is 5.86. The van der Waals surface area contributed by atoms with Crippen LogP contribution in [0.15, 0.2) is 12.1 Å². The van der Waals surface area contributed by atoms with Crippen molar-refractivity contribution in [3.05, 3.63) is 27.7 Å². The maximum absolute atomic E-state index is 6.23. The molecule has 0 saturated heterocycles. The lowest BCUT2D eigenvalue weighted by Gasteiger charge is -2.15. The van der Waals surface area contributed by atoms with Gasteiger partial charge in [0, 0.05) is 11.1 Å². The van der Waals surface area contributed by atoms with E-state index in [1.165, 1.54) is 25.7 Å². The summed E-state index contributed by atoms with van der Waals surface area (Å²) in [5.74, 6) is 0.740. The molecular formula is C16H25Cl2NO. The first-order valence-electron chi connectivity index (χ1n) is 7.41. The van der Waals surface area contributed by atoms with Gasteiger partial charge in [0.15, 0.2) is 0 Å². The molecule has 20 heavy (non-hydrogen) atoms. The summed E-state index contributed by atoms with van der Waals surface area (Å²) in [5, 5.41) is 1.20. The average molecular weight is 318 g/mol. The highest BCUT2D eigenvalue weighted by Gasteiger charge is 2.12. The largest absolute Gasteiger partial charge is 0.492 e. The van der Waals surface area contributed by atoms with Crippen LogP contribution < -0.4 is 10.5 Å². The van der Waals surface area contributed by atoms with E-state index in [2.05, 4.69) is 6.92 Å². The van der Waals surface area contributed by atoms with Crippen molar-refractivity contribution in [2.24, 2.45) is 5.73 Å². The molecule has 0 spiro atoms. The molecule has 0 aliphatic rings. The van der Waals surface area contributed by atoms with Crippen molar-refractivity contribution < 1.29 is 4.74 Å². The summed E-state index contributed by atoms with van der Waals surface area (Å²) in [5.41, 5.74) is 6.85. The summed E-state index contributed by atoms with van der Waals surface area (Å²) >= 11 is 12.3. The Hall–Kier alpha value is -0.440. The van der Waals surface area contributed by atoms with Gasteiger partial charge in [-0.1, -0.05) is 55.8 Å². The SMILES string of the molecule is CCCCCCCOc1c(Cl)cc(Cl)cc1CC(C)N. The number of benzene rings is 1. The molecule has 0 fully saturated rings. The lowest BCUT2D eigenvalue weighted by Crippen LogP contribution is -2.18. The van der Waals surface area contributed by atoms with E-state index in [9.17, 15) is 0 Å². The third-order valence-corrected chi connectivity index (χ3v) is 3.62. The van der Waals surface area contributed by atoms with Crippen molar-refractivity contribution in [2.75, 3.05) is 6.61 Å². The zero-order valence-electron chi connectivity index (χ0n) is 12.4. The van der Waals surface area contributed by atoms with E-state index in [1.807, 2.05) is 13.0 Å². The summed E-state index contributed by atoms with van der Waals surface area (Å²) in [6.45, 7) is 4.87. The van der Waals surface area contributed by atoms with Crippen molar-refractivity contribution in [2.45, 2.75) is 58.4 Å². The number of ether oxygens (including phenoxy) is 1. The van der Waals surface area contributed by atoms with Crippen molar-refractivity contribution in [1.82, 2.24) is 0 Å². The molecule has 4 heteroatoms. The minimum absolute atomic E-state index is 0.0523. The van der Waals surface area contributed by atoms with Gasteiger partial charge in [0.25, 0.3) is 0 Å². The van der Waals surface area contributed by atoms with Gasteiger partial charge in [0.05, 0.1) is 11.6 Å². The van der Waals surface area contributed by atoms with E-state index in [-0.39, 0.29) is 6.04 Å². The standard InChI is InChI=1S/C16H25Cl2NO/c1-3-4-5-6-7-8-20-16-13(9-12(2)19)10-14(17)11-15(16)18/h10-12H,3-9,19H2,1-2H3. The second kappa shape index (κ2) is 9.49. The molecule has 0 saturated carbocycles. The number of hydrogen-bond donors (Lipinski definition) is 1. The molecule has 0 bridgehead atoms. The number of unbranched alkanes of at least 4 members (excludes halogenated alkanes) is 4. The Morgan fingerprint density at radius 3 is 2.50 bits per heavy atom. The molecule has 0 aliphatic heterocycles. The zero-order chi connectivity index (χ0) is 15.0. The van der Waals surface area contributed by atoms with Gasteiger partial charge in [0.2, 0.25) is 0 Å². The van der Waals surface area contributed by atoms with Gasteiger partial charge >= 0.3 is 0 Å². The molecule has 1 aromatic carbocycles. The molecule has 1 rings (SSSR count). The monoisotopic (exact) mass is 317 g/mol. The molecule has 0 aromatic heterocycles. The van der Waals surface area contributed by atoms with Gasteiger partial charge < -0.3 is 10.5 Å². The predicted octanol–water partition coefficient (Wildman–Crippen LogP) is 5.23. The Morgan fingerprint density at radius 2 is 1.85 bits per heavy atom. The summed E-state index contributed by atoms with van der Waals surface area (Å²) in [7, 11) is 0. The second-order valence-corrected chi connectivity index (χ2v) is 6.16. The average Bonchev–Trinajstić information content (AvgIpc) is 2.35. The molecule has 1 aromatic rings. The normalized spacial score (nSPS) is 12.4. The van der Waals surface area contributed by atoms with Crippen LogP contribution >= 0.6 is 23.2 Å². The Balaban J connectivity index is 2.58.